The van der Waals surface area contributed by atoms with Gasteiger partial charge in [-0.15, -0.1) is 0 Å². The topological polar surface area (TPSA) is 27.0 Å². The minimum atomic E-state index is 0.704. The Morgan fingerprint density at radius 1 is 1.27 bits per heavy atom. The lowest BCUT2D eigenvalue weighted by molar-refractivity contribution is 0.0295. The van der Waals surface area contributed by atoms with Crippen LogP contribution in [-0.2, 0) is 6.54 Å². The van der Waals surface area contributed by atoms with E-state index in [9.17, 15) is 0 Å². The minimum Gasteiger partial charge on any atom is -0.294 e. The number of nitrogens with zero attached hydrogens (tertiary/aromatic N) is 2. The van der Waals surface area contributed by atoms with Crippen molar-refractivity contribution in [2.75, 3.05) is 0 Å². The van der Waals surface area contributed by atoms with Gasteiger partial charge in [0.25, 0.3) is 0 Å². The van der Waals surface area contributed by atoms with Crippen LogP contribution in [0.25, 0.3) is 0 Å². The maximum absolute atomic E-state index is 8.69. The van der Waals surface area contributed by atoms with Crippen LogP contribution < -0.4 is 0 Å². The highest BCUT2D eigenvalue weighted by Crippen LogP contribution is 2.26. The first-order valence-corrected chi connectivity index (χ1v) is 5.45. The van der Waals surface area contributed by atoms with Crippen LogP contribution in [0.2, 0.25) is 0 Å². The molecule has 1 saturated heterocycles. The molecule has 0 bridgehead atoms. The summed E-state index contributed by atoms with van der Waals surface area (Å²) in [5.74, 6) is 0. The second-order valence-electron chi connectivity index (χ2n) is 4.41. The van der Waals surface area contributed by atoms with Crippen molar-refractivity contribution in [3.8, 4) is 6.07 Å². The molecule has 0 saturated carbocycles. The highest BCUT2D eigenvalue weighted by molar-refractivity contribution is 5.31. The Bertz CT molecular complexity index is 367. The van der Waals surface area contributed by atoms with Gasteiger partial charge < -0.3 is 0 Å². The zero-order valence-corrected chi connectivity index (χ0v) is 9.27. The first-order valence-electron chi connectivity index (χ1n) is 5.45. The van der Waals surface area contributed by atoms with E-state index in [0.717, 1.165) is 12.1 Å². The molecular formula is C13H16N2. The van der Waals surface area contributed by atoms with Crippen LogP contribution in [0, 0.1) is 11.3 Å². The van der Waals surface area contributed by atoms with E-state index in [1.54, 1.807) is 0 Å². The Balaban J connectivity index is 2.02. The highest BCUT2D eigenvalue weighted by Gasteiger charge is 2.30. The fourth-order valence-corrected chi connectivity index (χ4v) is 2.27. The van der Waals surface area contributed by atoms with Crippen molar-refractivity contribution in [3.05, 3.63) is 35.4 Å². The zero-order valence-electron chi connectivity index (χ0n) is 9.27. The Kier molecular flexibility index (Phi) is 2.75. The molecule has 1 aliphatic heterocycles. The number of nitriles is 1. The van der Waals surface area contributed by atoms with Crippen molar-refractivity contribution in [2.24, 2.45) is 0 Å². The summed E-state index contributed by atoms with van der Waals surface area (Å²) < 4.78 is 0. The molecule has 1 aliphatic rings. The molecule has 1 aromatic carbocycles. The Hall–Kier alpha value is -1.33. The van der Waals surface area contributed by atoms with Gasteiger partial charge in [0.1, 0.15) is 0 Å². The Morgan fingerprint density at radius 2 is 1.87 bits per heavy atom. The molecule has 78 valence electrons. The summed E-state index contributed by atoms with van der Waals surface area (Å²) >= 11 is 0. The number of rotatable bonds is 2. The lowest BCUT2D eigenvalue weighted by atomic mass is 9.95. The van der Waals surface area contributed by atoms with Crippen LogP contribution in [0.4, 0.5) is 0 Å². The molecular weight excluding hydrogens is 184 g/mol. The average Bonchev–Trinajstić information content (AvgIpc) is 2.27. The standard InChI is InChI=1S/C13H16N2/c1-10-7-11(2)15(10)9-13-5-3-12(8-14)4-6-13/h3-6,10-11H,7,9H2,1-2H3. The first-order chi connectivity index (χ1) is 7.20. The van der Waals surface area contributed by atoms with Crippen molar-refractivity contribution in [2.45, 2.75) is 38.9 Å². The van der Waals surface area contributed by atoms with Gasteiger partial charge in [0.05, 0.1) is 11.6 Å². The van der Waals surface area contributed by atoms with Crippen molar-refractivity contribution in [1.82, 2.24) is 4.90 Å². The van der Waals surface area contributed by atoms with Gasteiger partial charge in [-0.25, -0.2) is 0 Å². The van der Waals surface area contributed by atoms with Crippen molar-refractivity contribution < 1.29 is 0 Å². The van der Waals surface area contributed by atoms with E-state index in [2.05, 4.69) is 36.9 Å². The SMILES string of the molecule is CC1CC(C)N1Cc1ccc(C#N)cc1. The monoisotopic (exact) mass is 200 g/mol. The molecule has 0 spiro atoms. The van der Waals surface area contributed by atoms with Crippen LogP contribution >= 0.6 is 0 Å². The second kappa shape index (κ2) is 4.04. The van der Waals surface area contributed by atoms with E-state index in [1.807, 2.05) is 12.1 Å². The van der Waals surface area contributed by atoms with Crippen molar-refractivity contribution >= 4 is 0 Å². The summed E-state index contributed by atoms with van der Waals surface area (Å²) in [6, 6.07) is 11.4. The van der Waals surface area contributed by atoms with Crippen LogP contribution in [0.5, 0.6) is 0 Å². The van der Waals surface area contributed by atoms with Gasteiger partial charge in [-0.1, -0.05) is 12.1 Å². The lowest BCUT2D eigenvalue weighted by Crippen LogP contribution is -2.51. The van der Waals surface area contributed by atoms with Gasteiger partial charge in [0.15, 0.2) is 0 Å². The van der Waals surface area contributed by atoms with E-state index in [1.165, 1.54) is 12.0 Å². The summed E-state index contributed by atoms with van der Waals surface area (Å²) in [5, 5.41) is 8.69. The van der Waals surface area contributed by atoms with Gasteiger partial charge in [0.2, 0.25) is 0 Å². The maximum Gasteiger partial charge on any atom is 0.0991 e. The maximum atomic E-state index is 8.69. The minimum absolute atomic E-state index is 0.704. The van der Waals surface area contributed by atoms with Gasteiger partial charge in [-0.2, -0.15) is 5.26 Å². The van der Waals surface area contributed by atoms with Crippen LogP contribution in [0.15, 0.2) is 24.3 Å². The molecule has 1 heterocycles. The predicted octanol–water partition coefficient (Wildman–Crippen LogP) is 2.54. The van der Waals surface area contributed by atoms with Gasteiger partial charge in [0, 0.05) is 18.6 Å². The van der Waals surface area contributed by atoms with E-state index >= 15 is 0 Å². The molecule has 0 aromatic heterocycles. The summed E-state index contributed by atoms with van der Waals surface area (Å²) in [5.41, 5.74) is 2.04. The summed E-state index contributed by atoms with van der Waals surface area (Å²) in [6.45, 7) is 5.54. The quantitative estimate of drug-likeness (QED) is 0.733. The lowest BCUT2D eigenvalue weighted by Gasteiger charge is -2.45. The van der Waals surface area contributed by atoms with Crippen LogP contribution in [0.1, 0.15) is 31.4 Å². The molecule has 1 aromatic rings. The largest absolute Gasteiger partial charge is 0.294 e. The fourth-order valence-electron chi connectivity index (χ4n) is 2.27. The number of hydrogen-bond donors (Lipinski definition) is 0. The fraction of sp³-hybridized carbons (Fsp3) is 0.462. The molecule has 0 radical (unpaired) electrons. The molecule has 15 heavy (non-hydrogen) atoms. The van der Waals surface area contributed by atoms with Crippen LogP contribution in [-0.4, -0.2) is 17.0 Å². The molecule has 0 N–H and O–H groups in total. The molecule has 2 nitrogen and oxygen atoms in total. The third kappa shape index (κ3) is 2.03. The molecule has 2 unspecified atom stereocenters. The van der Waals surface area contributed by atoms with E-state index in [4.69, 9.17) is 5.26 Å². The number of hydrogen-bond acceptors (Lipinski definition) is 2. The number of likely N-dealkylation sites (tertiary alicyclic amines) is 1. The Labute approximate surface area is 91.1 Å². The number of benzene rings is 1. The van der Waals surface area contributed by atoms with Crippen LogP contribution in [0.3, 0.4) is 0 Å². The third-order valence-corrected chi connectivity index (χ3v) is 3.26. The smallest absolute Gasteiger partial charge is 0.0991 e. The van der Waals surface area contributed by atoms with E-state index in [-0.39, 0.29) is 0 Å². The highest BCUT2D eigenvalue weighted by atomic mass is 15.2. The van der Waals surface area contributed by atoms with E-state index < -0.39 is 0 Å². The normalized spacial score (nSPS) is 25.7. The molecule has 2 rings (SSSR count). The molecule has 2 heteroatoms. The van der Waals surface area contributed by atoms with Gasteiger partial charge >= 0.3 is 0 Å². The van der Waals surface area contributed by atoms with Gasteiger partial charge in [-0.05, 0) is 38.0 Å². The van der Waals surface area contributed by atoms with Crippen molar-refractivity contribution in [3.63, 3.8) is 0 Å². The predicted molar refractivity (Wildman–Crippen MR) is 60.2 cm³/mol. The van der Waals surface area contributed by atoms with E-state index in [0.29, 0.717) is 12.1 Å². The Morgan fingerprint density at radius 3 is 2.33 bits per heavy atom. The second-order valence-corrected chi connectivity index (χ2v) is 4.41. The summed E-state index contributed by atoms with van der Waals surface area (Å²) in [7, 11) is 0. The zero-order chi connectivity index (χ0) is 10.8. The molecule has 0 aliphatic carbocycles. The summed E-state index contributed by atoms with van der Waals surface area (Å²) in [4.78, 5) is 2.49. The average molecular weight is 200 g/mol. The third-order valence-electron chi connectivity index (χ3n) is 3.26. The molecule has 0 amide bonds. The summed E-state index contributed by atoms with van der Waals surface area (Å²) in [6.07, 6.45) is 1.30. The molecule has 1 fully saturated rings. The molecule has 2 atom stereocenters. The first kappa shape index (κ1) is 10.2. The van der Waals surface area contributed by atoms with Gasteiger partial charge in [-0.3, -0.25) is 4.90 Å². The van der Waals surface area contributed by atoms with Crippen molar-refractivity contribution in [1.29, 1.82) is 5.26 Å².